The first-order valence-electron chi connectivity index (χ1n) is 6.72. The predicted molar refractivity (Wildman–Crippen MR) is 79.2 cm³/mol. The molecule has 5 nitrogen and oxygen atoms in total. The normalized spacial score (nSPS) is 20.7. The van der Waals surface area contributed by atoms with Crippen LogP contribution in [-0.4, -0.2) is 42.9 Å². The van der Waals surface area contributed by atoms with Crippen LogP contribution in [0.4, 0.5) is 4.39 Å². The van der Waals surface area contributed by atoms with Crippen LogP contribution in [0.1, 0.15) is 12.8 Å². The molecule has 7 heteroatoms. The summed E-state index contributed by atoms with van der Waals surface area (Å²) in [6.45, 7) is 1.42. The second-order valence-corrected chi connectivity index (χ2v) is 4.80. The molecule has 1 aromatic rings. The van der Waals surface area contributed by atoms with E-state index in [-0.39, 0.29) is 30.2 Å². The summed E-state index contributed by atoms with van der Waals surface area (Å²) in [6, 6.07) is 5.51. The lowest BCUT2D eigenvalue weighted by Crippen LogP contribution is -2.40. The fraction of sp³-hybridized carbons (Fsp3) is 0.500. The van der Waals surface area contributed by atoms with Gasteiger partial charge in [0.2, 0.25) is 5.91 Å². The largest absolute Gasteiger partial charge is 0.494 e. The standard InChI is InChI=1S/C14H19FN2O3.ClH/c15-10-2-4-12(5-3-10)20-7-1-6-16-14(19)13-8-11(18)9-17-13;/h2-5,11,13,17-18H,1,6-9H2,(H,16,19);1H. The molecule has 0 spiro atoms. The van der Waals surface area contributed by atoms with Gasteiger partial charge in [0.05, 0.1) is 18.8 Å². The van der Waals surface area contributed by atoms with E-state index >= 15 is 0 Å². The number of carbonyl (C=O) groups is 1. The maximum atomic E-state index is 12.7. The first kappa shape index (κ1) is 17.7. The van der Waals surface area contributed by atoms with E-state index in [0.29, 0.717) is 38.3 Å². The SMILES string of the molecule is Cl.O=C(NCCCOc1ccc(F)cc1)C1CC(O)CN1. The van der Waals surface area contributed by atoms with Crippen LogP contribution in [0.15, 0.2) is 24.3 Å². The fourth-order valence-electron chi connectivity index (χ4n) is 2.04. The molecule has 21 heavy (non-hydrogen) atoms. The molecule has 1 aromatic carbocycles. The molecule has 1 fully saturated rings. The number of hydrogen-bond donors (Lipinski definition) is 3. The van der Waals surface area contributed by atoms with Crippen LogP contribution in [0.25, 0.3) is 0 Å². The summed E-state index contributed by atoms with van der Waals surface area (Å²) >= 11 is 0. The van der Waals surface area contributed by atoms with Crippen molar-refractivity contribution in [3.8, 4) is 5.75 Å². The van der Waals surface area contributed by atoms with Crippen molar-refractivity contribution in [2.45, 2.75) is 25.0 Å². The molecule has 0 saturated carbocycles. The maximum absolute atomic E-state index is 12.7. The lowest BCUT2D eigenvalue weighted by molar-refractivity contribution is -0.122. The molecule has 118 valence electrons. The van der Waals surface area contributed by atoms with E-state index in [2.05, 4.69) is 10.6 Å². The van der Waals surface area contributed by atoms with Crippen LogP contribution >= 0.6 is 12.4 Å². The Morgan fingerprint density at radius 3 is 2.76 bits per heavy atom. The van der Waals surface area contributed by atoms with Crippen molar-refractivity contribution < 1.29 is 19.0 Å². The number of carbonyl (C=O) groups excluding carboxylic acids is 1. The number of benzene rings is 1. The van der Waals surface area contributed by atoms with Crippen molar-refractivity contribution in [1.29, 1.82) is 0 Å². The molecule has 2 rings (SSSR count). The molecule has 0 aromatic heterocycles. The third-order valence-corrected chi connectivity index (χ3v) is 3.13. The summed E-state index contributed by atoms with van der Waals surface area (Å²) in [5.74, 6) is 0.220. The molecular formula is C14H20ClFN2O3. The fourth-order valence-corrected chi connectivity index (χ4v) is 2.04. The number of amides is 1. The molecule has 1 aliphatic rings. The Balaban J connectivity index is 0.00000220. The zero-order valence-electron chi connectivity index (χ0n) is 11.5. The van der Waals surface area contributed by atoms with Crippen molar-refractivity contribution in [3.63, 3.8) is 0 Å². The van der Waals surface area contributed by atoms with Crippen molar-refractivity contribution in [2.75, 3.05) is 19.7 Å². The van der Waals surface area contributed by atoms with Crippen LogP contribution < -0.4 is 15.4 Å². The van der Waals surface area contributed by atoms with E-state index in [1.165, 1.54) is 12.1 Å². The lowest BCUT2D eigenvalue weighted by atomic mass is 10.2. The number of aliphatic hydroxyl groups is 1. The van der Waals surface area contributed by atoms with E-state index in [4.69, 9.17) is 4.74 Å². The number of β-amino-alcohol motifs (C(OH)–C–C–N with tert-alkyl or cyclic N) is 1. The number of ether oxygens (including phenoxy) is 1. The average molecular weight is 319 g/mol. The highest BCUT2D eigenvalue weighted by molar-refractivity contribution is 5.85. The Bertz CT molecular complexity index is 444. The van der Waals surface area contributed by atoms with Gasteiger partial charge in [-0.2, -0.15) is 0 Å². The van der Waals surface area contributed by atoms with Gasteiger partial charge in [0.15, 0.2) is 0 Å². The van der Waals surface area contributed by atoms with Gasteiger partial charge in [-0.25, -0.2) is 4.39 Å². The summed E-state index contributed by atoms with van der Waals surface area (Å²) in [5.41, 5.74) is 0. The molecule has 1 saturated heterocycles. The summed E-state index contributed by atoms with van der Waals surface area (Å²) in [4.78, 5) is 11.7. The molecule has 1 heterocycles. The summed E-state index contributed by atoms with van der Waals surface area (Å²) in [5, 5.41) is 15.1. The summed E-state index contributed by atoms with van der Waals surface area (Å²) in [7, 11) is 0. The number of aliphatic hydroxyl groups excluding tert-OH is 1. The number of nitrogens with one attached hydrogen (secondary N) is 2. The predicted octanol–water partition coefficient (Wildman–Crippen LogP) is 0.855. The molecule has 2 unspecified atom stereocenters. The average Bonchev–Trinajstić information content (AvgIpc) is 2.87. The van der Waals surface area contributed by atoms with Crippen molar-refractivity contribution in [1.82, 2.24) is 10.6 Å². The van der Waals surface area contributed by atoms with Gasteiger partial charge < -0.3 is 20.5 Å². The van der Waals surface area contributed by atoms with E-state index < -0.39 is 6.10 Å². The van der Waals surface area contributed by atoms with E-state index in [1.807, 2.05) is 0 Å². The Labute approximate surface area is 129 Å². The summed E-state index contributed by atoms with van der Waals surface area (Å²) < 4.78 is 18.1. The van der Waals surface area contributed by atoms with Crippen LogP contribution in [0, 0.1) is 5.82 Å². The minimum absolute atomic E-state index is 0. The Morgan fingerprint density at radius 1 is 1.43 bits per heavy atom. The highest BCUT2D eigenvalue weighted by Crippen LogP contribution is 2.11. The zero-order valence-corrected chi connectivity index (χ0v) is 12.4. The molecule has 0 radical (unpaired) electrons. The van der Waals surface area contributed by atoms with Crippen LogP contribution in [0.3, 0.4) is 0 Å². The molecule has 1 amide bonds. The number of rotatable bonds is 6. The summed E-state index contributed by atoms with van der Waals surface area (Å²) in [6.07, 6.45) is 0.684. The van der Waals surface area contributed by atoms with Gasteiger partial charge in [-0.05, 0) is 37.1 Å². The molecule has 0 aliphatic carbocycles. The van der Waals surface area contributed by atoms with E-state index in [1.54, 1.807) is 12.1 Å². The maximum Gasteiger partial charge on any atom is 0.237 e. The van der Waals surface area contributed by atoms with Gasteiger partial charge in [0.25, 0.3) is 0 Å². The third-order valence-electron chi connectivity index (χ3n) is 3.13. The van der Waals surface area contributed by atoms with E-state index in [0.717, 1.165) is 0 Å². The van der Waals surface area contributed by atoms with Gasteiger partial charge in [-0.1, -0.05) is 0 Å². The number of halogens is 2. The lowest BCUT2D eigenvalue weighted by Gasteiger charge is -2.11. The smallest absolute Gasteiger partial charge is 0.237 e. The monoisotopic (exact) mass is 318 g/mol. The Kier molecular flexibility index (Phi) is 7.42. The van der Waals surface area contributed by atoms with Crippen molar-refractivity contribution >= 4 is 18.3 Å². The highest BCUT2D eigenvalue weighted by Gasteiger charge is 2.27. The number of hydrogen-bond acceptors (Lipinski definition) is 4. The van der Waals surface area contributed by atoms with Crippen LogP contribution in [0.2, 0.25) is 0 Å². The quantitative estimate of drug-likeness (QED) is 0.680. The third kappa shape index (κ3) is 5.87. The minimum Gasteiger partial charge on any atom is -0.494 e. The highest BCUT2D eigenvalue weighted by atomic mass is 35.5. The topological polar surface area (TPSA) is 70.6 Å². The minimum atomic E-state index is -0.437. The second kappa shape index (κ2) is 8.81. The first-order chi connectivity index (χ1) is 9.65. The van der Waals surface area contributed by atoms with Gasteiger partial charge in [0, 0.05) is 13.1 Å². The molecule has 3 N–H and O–H groups in total. The van der Waals surface area contributed by atoms with Gasteiger partial charge >= 0.3 is 0 Å². The molecule has 1 aliphatic heterocycles. The second-order valence-electron chi connectivity index (χ2n) is 4.80. The molecule has 2 atom stereocenters. The first-order valence-corrected chi connectivity index (χ1v) is 6.72. The van der Waals surface area contributed by atoms with Crippen molar-refractivity contribution in [2.24, 2.45) is 0 Å². The van der Waals surface area contributed by atoms with Crippen LogP contribution in [-0.2, 0) is 4.79 Å². The molecular weight excluding hydrogens is 299 g/mol. The van der Waals surface area contributed by atoms with E-state index in [9.17, 15) is 14.3 Å². The Morgan fingerprint density at radius 2 is 2.14 bits per heavy atom. The van der Waals surface area contributed by atoms with Gasteiger partial charge in [-0.15, -0.1) is 12.4 Å². The van der Waals surface area contributed by atoms with Crippen LogP contribution in [0.5, 0.6) is 5.75 Å². The van der Waals surface area contributed by atoms with Gasteiger partial charge in [0.1, 0.15) is 11.6 Å². The van der Waals surface area contributed by atoms with Crippen molar-refractivity contribution in [3.05, 3.63) is 30.1 Å². The Hall–Kier alpha value is -1.37. The molecule has 0 bridgehead atoms. The van der Waals surface area contributed by atoms with Gasteiger partial charge in [-0.3, -0.25) is 4.79 Å². The zero-order chi connectivity index (χ0) is 14.4.